The molecule has 3 N–H and O–H groups in total. The fraction of sp³-hybridized carbons (Fsp3) is 0.945. The van der Waals surface area contributed by atoms with Gasteiger partial charge in [-0.2, -0.15) is 0 Å². The van der Waals surface area contributed by atoms with Crippen LogP contribution in [0, 0.1) is 0 Å². The molecule has 0 aliphatic carbocycles. The molecule has 1 amide bonds. The first-order chi connectivity index (χ1) is 39.0. The lowest BCUT2D eigenvalue weighted by Crippen LogP contribution is -2.45. The van der Waals surface area contributed by atoms with E-state index in [1.54, 1.807) is 6.08 Å². The number of aliphatic hydroxyl groups excluding tert-OH is 2. The van der Waals surface area contributed by atoms with Crippen molar-refractivity contribution in [2.45, 2.75) is 431 Å². The Balaban J connectivity index is 3.30. The van der Waals surface area contributed by atoms with Crippen LogP contribution in [0.4, 0.5) is 0 Å². The monoisotopic (exact) mass is 1110 g/mol. The van der Waals surface area contributed by atoms with Crippen molar-refractivity contribution in [2.24, 2.45) is 0 Å². The Labute approximate surface area is 495 Å². The summed E-state index contributed by atoms with van der Waals surface area (Å²) in [6, 6.07) is -0.622. The molecule has 0 saturated carbocycles. The molecule has 0 bridgehead atoms. The van der Waals surface area contributed by atoms with Crippen molar-refractivity contribution in [1.82, 2.24) is 5.32 Å². The van der Waals surface area contributed by atoms with Crippen LogP contribution in [-0.4, -0.2) is 47.4 Å². The molecule has 2 unspecified atom stereocenters. The topological polar surface area (TPSA) is 95.9 Å². The van der Waals surface area contributed by atoms with Gasteiger partial charge in [-0.25, -0.2) is 0 Å². The van der Waals surface area contributed by atoms with Crippen molar-refractivity contribution < 1.29 is 24.5 Å². The lowest BCUT2D eigenvalue weighted by Gasteiger charge is -2.20. The number of carbonyl (C=O) groups excluding carboxylic acids is 2. The van der Waals surface area contributed by atoms with Gasteiger partial charge in [-0.1, -0.05) is 386 Å². The minimum absolute atomic E-state index is 0.0236. The minimum atomic E-state index is -0.839. The molecule has 2 atom stereocenters. The lowest BCUT2D eigenvalue weighted by molar-refractivity contribution is -0.143. The van der Waals surface area contributed by atoms with Gasteiger partial charge in [0, 0.05) is 12.8 Å². The van der Waals surface area contributed by atoms with E-state index in [4.69, 9.17) is 4.74 Å². The molecule has 6 heteroatoms. The average Bonchev–Trinajstić information content (AvgIpc) is 3.45. The van der Waals surface area contributed by atoms with E-state index in [2.05, 4.69) is 19.2 Å². The first-order valence-electron chi connectivity index (χ1n) is 36.5. The van der Waals surface area contributed by atoms with Gasteiger partial charge >= 0.3 is 5.97 Å². The lowest BCUT2D eigenvalue weighted by atomic mass is 10.0. The maximum atomic E-state index is 12.5. The summed E-state index contributed by atoms with van der Waals surface area (Å²) < 4.78 is 5.48. The molecule has 0 saturated heterocycles. The zero-order valence-electron chi connectivity index (χ0n) is 53.9. The van der Waals surface area contributed by atoms with Crippen molar-refractivity contribution in [2.75, 3.05) is 13.2 Å². The Bertz CT molecular complexity index is 1190. The maximum Gasteiger partial charge on any atom is 0.305 e. The third-order valence-electron chi connectivity index (χ3n) is 17.3. The molecule has 470 valence electrons. The molecule has 79 heavy (non-hydrogen) atoms. The van der Waals surface area contributed by atoms with Gasteiger partial charge in [-0.05, 0) is 32.1 Å². The van der Waals surface area contributed by atoms with Gasteiger partial charge in [-0.15, -0.1) is 0 Å². The highest BCUT2D eigenvalue weighted by Crippen LogP contribution is 2.20. The number of rotatable bonds is 69. The second kappa shape index (κ2) is 69.1. The SMILES string of the molecule is CCCCCCCCCCCCCC/C=C/C(O)C(CO)NC(=O)CCCCCCCCCCCCCCCCCCCCCCCCCCCCCCCCCCCCCCCOC(=O)CCCCCCCCCCCCC. The van der Waals surface area contributed by atoms with Gasteiger partial charge < -0.3 is 20.3 Å². The summed E-state index contributed by atoms with van der Waals surface area (Å²) >= 11 is 0. The number of hydrogen-bond donors (Lipinski definition) is 3. The van der Waals surface area contributed by atoms with Crippen LogP contribution in [0.25, 0.3) is 0 Å². The number of hydrogen-bond acceptors (Lipinski definition) is 5. The van der Waals surface area contributed by atoms with Crippen LogP contribution in [0.15, 0.2) is 12.2 Å². The van der Waals surface area contributed by atoms with Crippen molar-refractivity contribution in [1.29, 1.82) is 0 Å². The van der Waals surface area contributed by atoms with Gasteiger partial charge in [0.1, 0.15) is 0 Å². The van der Waals surface area contributed by atoms with Gasteiger partial charge in [0.2, 0.25) is 5.91 Å². The molecule has 0 aliphatic heterocycles. The average molecular weight is 1110 g/mol. The molecule has 0 aromatic carbocycles. The summed E-state index contributed by atoms with van der Waals surface area (Å²) in [5.41, 5.74) is 0. The summed E-state index contributed by atoms with van der Waals surface area (Å²) in [6.07, 6.45) is 86.1. The van der Waals surface area contributed by atoms with Gasteiger partial charge in [0.05, 0.1) is 25.4 Å². The Kier molecular flexibility index (Phi) is 67.9. The zero-order chi connectivity index (χ0) is 57.1. The smallest absolute Gasteiger partial charge is 0.305 e. The van der Waals surface area contributed by atoms with Crippen LogP contribution in [0.3, 0.4) is 0 Å². The number of carbonyl (C=O) groups is 2. The van der Waals surface area contributed by atoms with Gasteiger partial charge in [-0.3, -0.25) is 9.59 Å². The number of nitrogens with one attached hydrogen (secondary N) is 1. The fourth-order valence-corrected chi connectivity index (χ4v) is 11.8. The molecule has 0 radical (unpaired) electrons. The quantitative estimate of drug-likeness (QED) is 0.0320. The highest BCUT2D eigenvalue weighted by atomic mass is 16.5. The molecule has 0 spiro atoms. The second-order valence-corrected chi connectivity index (χ2v) is 25.3. The first kappa shape index (κ1) is 77.6. The van der Waals surface area contributed by atoms with Crippen LogP contribution in [0.2, 0.25) is 0 Å². The van der Waals surface area contributed by atoms with Crippen molar-refractivity contribution in [3.63, 3.8) is 0 Å². The number of aliphatic hydroxyl groups is 2. The van der Waals surface area contributed by atoms with Crippen molar-refractivity contribution in [3.05, 3.63) is 12.2 Å². The van der Waals surface area contributed by atoms with E-state index in [1.165, 1.54) is 353 Å². The molecule has 0 aromatic heterocycles. The Morgan fingerprint density at radius 3 is 0.861 bits per heavy atom. The summed E-state index contributed by atoms with van der Waals surface area (Å²) in [5.74, 6) is -0.0360. The van der Waals surface area contributed by atoms with E-state index in [0.717, 1.165) is 38.5 Å². The third-order valence-corrected chi connectivity index (χ3v) is 17.3. The van der Waals surface area contributed by atoms with Gasteiger partial charge in [0.15, 0.2) is 0 Å². The molecule has 0 fully saturated rings. The van der Waals surface area contributed by atoms with E-state index in [1.807, 2.05) is 6.08 Å². The number of allylic oxidation sites excluding steroid dienone is 1. The molecule has 0 aliphatic rings. The van der Waals surface area contributed by atoms with Gasteiger partial charge in [0.25, 0.3) is 0 Å². The largest absolute Gasteiger partial charge is 0.466 e. The van der Waals surface area contributed by atoms with E-state index >= 15 is 0 Å². The Morgan fingerprint density at radius 2 is 0.582 bits per heavy atom. The molecule has 0 heterocycles. The summed E-state index contributed by atoms with van der Waals surface area (Å²) in [4.78, 5) is 24.5. The summed E-state index contributed by atoms with van der Waals surface area (Å²) in [6.45, 7) is 4.94. The van der Waals surface area contributed by atoms with Crippen LogP contribution < -0.4 is 5.32 Å². The first-order valence-corrected chi connectivity index (χ1v) is 36.5. The highest BCUT2D eigenvalue weighted by molar-refractivity contribution is 5.76. The van der Waals surface area contributed by atoms with Crippen molar-refractivity contribution >= 4 is 11.9 Å². The minimum Gasteiger partial charge on any atom is -0.466 e. The predicted molar refractivity (Wildman–Crippen MR) is 347 cm³/mol. The van der Waals surface area contributed by atoms with Crippen molar-refractivity contribution in [3.8, 4) is 0 Å². The Morgan fingerprint density at radius 1 is 0.342 bits per heavy atom. The molecular formula is C73H143NO5. The number of esters is 1. The highest BCUT2D eigenvalue weighted by Gasteiger charge is 2.18. The van der Waals surface area contributed by atoms with Crippen LogP contribution >= 0.6 is 0 Å². The molecule has 0 rings (SSSR count). The van der Waals surface area contributed by atoms with Crippen LogP contribution in [-0.2, 0) is 14.3 Å². The van der Waals surface area contributed by atoms with E-state index in [0.29, 0.717) is 19.4 Å². The van der Waals surface area contributed by atoms with E-state index in [9.17, 15) is 19.8 Å². The predicted octanol–water partition coefficient (Wildman–Crippen LogP) is 23.5. The normalized spacial score (nSPS) is 12.5. The number of amides is 1. The van der Waals surface area contributed by atoms with Crippen LogP contribution in [0.1, 0.15) is 418 Å². The fourth-order valence-electron chi connectivity index (χ4n) is 11.8. The number of ether oxygens (including phenoxy) is 1. The van der Waals surface area contributed by atoms with E-state index < -0.39 is 12.1 Å². The third kappa shape index (κ3) is 65.6. The molecule has 0 aromatic rings. The molecular weight excluding hydrogens is 971 g/mol. The van der Waals surface area contributed by atoms with E-state index in [-0.39, 0.29) is 18.5 Å². The summed E-state index contributed by atoms with van der Waals surface area (Å²) in [5, 5.41) is 23.2. The number of unbranched alkanes of at least 4 members (excludes halogenated alkanes) is 58. The summed E-state index contributed by atoms with van der Waals surface area (Å²) in [7, 11) is 0. The molecule has 6 nitrogen and oxygen atoms in total. The standard InChI is InChI=1S/C73H143NO5/c1-3-5-7-9-11-13-15-16-42-46-49-53-57-61-65-71(76)70(69-75)74-72(77)66-62-58-54-50-47-43-40-38-36-34-32-30-28-26-24-22-20-18-17-19-21-23-25-27-29-31-33-35-37-39-41-44-48-52-56-60-64-68-79-73(78)67-63-59-55-51-45-14-12-10-8-6-4-2/h61,65,70-71,75-76H,3-60,62-64,66-69H2,1-2H3,(H,74,77)/b65-61+. The van der Waals surface area contributed by atoms with Crippen LogP contribution in [0.5, 0.6) is 0 Å². The zero-order valence-corrected chi connectivity index (χ0v) is 53.9. The maximum absolute atomic E-state index is 12.5. The Hall–Kier alpha value is -1.40. The second-order valence-electron chi connectivity index (χ2n) is 25.3.